The molecule has 0 aliphatic heterocycles. The third-order valence-electron chi connectivity index (χ3n) is 3.34. The van der Waals surface area contributed by atoms with Gasteiger partial charge in [-0.1, -0.05) is 12.1 Å². The maximum absolute atomic E-state index is 11.0. The number of aryl methyl sites for hydroxylation is 1. The van der Waals surface area contributed by atoms with Crippen LogP contribution in [0.4, 0.5) is 5.69 Å². The highest BCUT2D eigenvalue weighted by Gasteiger charge is 2.26. The van der Waals surface area contributed by atoms with Crippen molar-refractivity contribution in [3.05, 3.63) is 41.7 Å². The molecule has 1 fully saturated rings. The molecule has 0 spiro atoms. The summed E-state index contributed by atoms with van der Waals surface area (Å²) < 4.78 is 0. The lowest BCUT2D eigenvalue weighted by molar-refractivity contribution is -0.138. The molecule has 0 amide bonds. The molecule has 21 heavy (non-hydrogen) atoms. The maximum atomic E-state index is 11.0. The molecule has 0 radical (unpaired) electrons. The quantitative estimate of drug-likeness (QED) is 0.873. The van der Waals surface area contributed by atoms with E-state index in [4.69, 9.17) is 4.84 Å². The van der Waals surface area contributed by atoms with Crippen LogP contribution in [-0.2, 0) is 9.63 Å². The lowest BCUT2D eigenvalue weighted by Gasteiger charge is -2.11. The Labute approximate surface area is 123 Å². The largest absolute Gasteiger partial charge is 0.344 e. The smallest absolute Gasteiger partial charge is 0.329 e. The van der Waals surface area contributed by atoms with Crippen LogP contribution < -0.4 is 5.48 Å². The molecule has 1 saturated carbocycles. The van der Waals surface area contributed by atoms with E-state index in [0.29, 0.717) is 17.4 Å². The summed E-state index contributed by atoms with van der Waals surface area (Å²) in [6, 6.07) is 9.57. The van der Waals surface area contributed by atoms with Crippen molar-refractivity contribution in [2.75, 3.05) is 5.48 Å². The molecule has 1 aromatic heterocycles. The fourth-order valence-electron chi connectivity index (χ4n) is 2.20. The lowest BCUT2D eigenvalue weighted by Crippen LogP contribution is -2.08. The van der Waals surface area contributed by atoms with Crippen LogP contribution in [0.1, 0.15) is 37.1 Å². The first-order valence-corrected chi connectivity index (χ1v) is 7.02. The van der Waals surface area contributed by atoms with Crippen molar-refractivity contribution < 1.29 is 9.63 Å². The first kappa shape index (κ1) is 13.5. The Balaban J connectivity index is 1.97. The molecule has 3 rings (SSSR count). The van der Waals surface area contributed by atoms with Gasteiger partial charge in [-0.3, -0.25) is 4.79 Å². The van der Waals surface area contributed by atoms with Gasteiger partial charge in [-0.25, -0.2) is 15.4 Å². The van der Waals surface area contributed by atoms with E-state index >= 15 is 0 Å². The number of rotatable bonds is 4. The van der Waals surface area contributed by atoms with Gasteiger partial charge in [-0.05, 0) is 38.0 Å². The normalized spacial score (nSPS) is 13.8. The molecule has 0 unspecified atom stereocenters. The monoisotopic (exact) mass is 283 g/mol. The van der Waals surface area contributed by atoms with Gasteiger partial charge in [0.25, 0.3) is 0 Å². The van der Waals surface area contributed by atoms with Crippen molar-refractivity contribution in [3.8, 4) is 11.4 Å². The van der Waals surface area contributed by atoms with Crippen molar-refractivity contribution in [1.82, 2.24) is 9.97 Å². The van der Waals surface area contributed by atoms with Crippen LogP contribution in [0.15, 0.2) is 30.3 Å². The maximum Gasteiger partial charge on any atom is 0.329 e. The molecule has 5 heteroatoms. The van der Waals surface area contributed by atoms with E-state index in [-0.39, 0.29) is 0 Å². The Kier molecular flexibility index (Phi) is 3.56. The Morgan fingerprint density at radius 3 is 2.76 bits per heavy atom. The molecular weight excluding hydrogens is 266 g/mol. The zero-order chi connectivity index (χ0) is 14.8. The zero-order valence-corrected chi connectivity index (χ0v) is 12.1. The predicted molar refractivity (Wildman–Crippen MR) is 79.6 cm³/mol. The van der Waals surface area contributed by atoms with E-state index in [2.05, 4.69) is 15.4 Å². The summed E-state index contributed by atoms with van der Waals surface area (Å²) in [7, 11) is 0. The summed E-state index contributed by atoms with van der Waals surface area (Å²) in [5, 5.41) is 0. The summed E-state index contributed by atoms with van der Waals surface area (Å²) in [5.74, 6) is 0.833. The van der Waals surface area contributed by atoms with Crippen LogP contribution in [0.25, 0.3) is 11.4 Å². The fraction of sp³-hybridized carbons (Fsp3) is 0.312. The minimum absolute atomic E-state index is 0.395. The van der Waals surface area contributed by atoms with Gasteiger partial charge in [0.2, 0.25) is 0 Å². The van der Waals surface area contributed by atoms with Gasteiger partial charge in [-0.2, -0.15) is 0 Å². The summed E-state index contributed by atoms with van der Waals surface area (Å²) in [4.78, 5) is 25.0. The molecule has 5 nitrogen and oxygen atoms in total. The van der Waals surface area contributed by atoms with Crippen LogP contribution in [0, 0.1) is 6.92 Å². The van der Waals surface area contributed by atoms with Gasteiger partial charge >= 0.3 is 5.97 Å². The SMILES string of the molecule is CC(=O)ONc1ccccc1-c1nc(C)cc(C2CC2)n1. The second kappa shape index (κ2) is 5.52. The summed E-state index contributed by atoms with van der Waals surface area (Å²) in [6.45, 7) is 3.32. The van der Waals surface area contributed by atoms with E-state index in [9.17, 15) is 4.79 Å². The summed E-state index contributed by atoms with van der Waals surface area (Å²) in [6.07, 6.45) is 2.40. The molecule has 108 valence electrons. The average molecular weight is 283 g/mol. The number of anilines is 1. The van der Waals surface area contributed by atoms with Gasteiger partial charge < -0.3 is 4.84 Å². The Bertz CT molecular complexity index is 681. The van der Waals surface area contributed by atoms with Crippen molar-refractivity contribution >= 4 is 11.7 Å². The minimum atomic E-state index is -0.395. The topological polar surface area (TPSA) is 64.1 Å². The van der Waals surface area contributed by atoms with Crippen LogP contribution in [0.5, 0.6) is 0 Å². The molecule has 1 heterocycles. The molecule has 0 bridgehead atoms. The second-order valence-corrected chi connectivity index (χ2v) is 5.27. The molecule has 1 N–H and O–H groups in total. The van der Waals surface area contributed by atoms with E-state index in [1.54, 1.807) is 0 Å². The predicted octanol–water partition coefficient (Wildman–Crippen LogP) is 3.22. The number of aromatic nitrogens is 2. The van der Waals surface area contributed by atoms with Crippen LogP contribution >= 0.6 is 0 Å². The summed E-state index contributed by atoms with van der Waals surface area (Å²) in [5.41, 5.74) is 6.21. The number of benzene rings is 1. The van der Waals surface area contributed by atoms with Gasteiger partial charge in [0.15, 0.2) is 5.82 Å². The number of hydrogen-bond acceptors (Lipinski definition) is 5. The number of nitrogens with one attached hydrogen (secondary N) is 1. The van der Waals surface area contributed by atoms with E-state index in [1.807, 2.05) is 37.3 Å². The first-order valence-electron chi connectivity index (χ1n) is 7.02. The Morgan fingerprint density at radius 2 is 2.05 bits per heavy atom. The summed E-state index contributed by atoms with van der Waals surface area (Å²) >= 11 is 0. The highest BCUT2D eigenvalue weighted by molar-refractivity contribution is 5.75. The number of para-hydroxylation sites is 1. The standard InChI is InChI=1S/C16H17N3O2/c1-10-9-15(12-7-8-12)18-16(17-10)13-5-3-4-6-14(13)19-21-11(2)20/h3-6,9,12,19H,7-8H2,1-2H3. The number of carbonyl (C=O) groups excluding carboxylic acids is 1. The van der Waals surface area contributed by atoms with Gasteiger partial charge in [-0.15, -0.1) is 0 Å². The second-order valence-electron chi connectivity index (χ2n) is 5.27. The van der Waals surface area contributed by atoms with Crippen molar-refractivity contribution in [1.29, 1.82) is 0 Å². The molecule has 1 aliphatic carbocycles. The number of nitrogens with zero attached hydrogens (tertiary/aromatic N) is 2. The number of hydrogen-bond donors (Lipinski definition) is 1. The van der Waals surface area contributed by atoms with Crippen molar-refractivity contribution in [3.63, 3.8) is 0 Å². The Hall–Kier alpha value is -2.43. The first-order chi connectivity index (χ1) is 10.1. The Morgan fingerprint density at radius 1 is 1.29 bits per heavy atom. The lowest BCUT2D eigenvalue weighted by atomic mass is 10.1. The highest BCUT2D eigenvalue weighted by Crippen LogP contribution is 2.40. The van der Waals surface area contributed by atoms with E-state index in [1.165, 1.54) is 19.8 Å². The van der Waals surface area contributed by atoms with Crippen molar-refractivity contribution in [2.45, 2.75) is 32.6 Å². The third kappa shape index (κ3) is 3.18. The van der Waals surface area contributed by atoms with E-state index < -0.39 is 5.97 Å². The molecule has 1 aromatic carbocycles. The fourth-order valence-corrected chi connectivity index (χ4v) is 2.20. The van der Waals surface area contributed by atoms with Crippen LogP contribution in [0.2, 0.25) is 0 Å². The van der Waals surface area contributed by atoms with Gasteiger partial charge in [0.1, 0.15) is 0 Å². The van der Waals surface area contributed by atoms with Gasteiger partial charge in [0.05, 0.1) is 5.69 Å². The average Bonchev–Trinajstić information content (AvgIpc) is 3.29. The van der Waals surface area contributed by atoms with Gasteiger partial charge in [0, 0.05) is 29.8 Å². The minimum Gasteiger partial charge on any atom is -0.344 e. The molecule has 2 aromatic rings. The zero-order valence-electron chi connectivity index (χ0n) is 12.1. The molecule has 1 aliphatic rings. The van der Waals surface area contributed by atoms with Crippen LogP contribution in [0.3, 0.4) is 0 Å². The number of carbonyl (C=O) groups is 1. The highest BCUT2D eigenvalue weighted by atomic mass is 16.7. The van der Waals surface area contributed by atoms with Crippen LogP contribution in [-0.4, -0.2) is 15.9 Å². The molecule has 0 atom stereocenters. The van der Waals surface area contributed by atoms with E-state index in [0.717, 1.165) is 17.0 Å². The molecule has 0 saturated heterocycles. The third-order valence-corrected chi connectivity index (χ3v) is 3.34. The van der Waals surface area contributed by atoms with Crippen molar-refractivity contribution in [2.24, 2.45) is 0 Å². The molecular formula is C16H17N3O2.